The minimum Gasteiger partial charge on any atom is -0.458 e. The minimum absolute atomic E-state index is 0.0759. The number of benzene rings is 2. The number of para-hydroxylation sites is 1. The van der Waals surface area contributed by atoms with Crippen molar-refractivity contribution in [2.24, 2.45) is 0 Å². The van der Waals surface area contributed by atoms with Gasteiger partial charge in [0.2, 0.25) is 11.6 Å². The maximum Gasteiger partial charge on any atom is 0.354 e. The average Bonchev–Trinajstić information content (AvgIpc) is 3.12. The van der Waals surface area contributed by atoms with Gasteiger partial charge in [-0.1, -0.05) is 41.4 Å². The molecule has 0 aliphatic carbocycles. The van der Waals surface area contributed by atoms with Crippen LogP contribution >= 0.6 is 23.2 Å². The fourth-order valence-corrected chi connectivity index (χ4v) is 4.45. The number of anilines is 1. The summed E-state index contributed by atoms with van der Waals surface area (Å²) in [5.41, 5.74) is -0.144. The standard InChI is InChI=1S/C22H20Cl2N2O5/c1-30-11-10-25-20(28)15-4-2-3-5-18(15)26-19(27)8-9-22(25,26)21(29)31-13-14-6-7-16(23)17(24)12-14/h2-7,12H,8-11,13H2,1H3. The van der Waals surface area contributed by atoms with E-state index in [2.05, 4.69) is 0 Å². The maximum atomic E-state index is 13.5. The van der Waals surface area contributed by atoms with E-state index in [-0.39, 0.29) is 44.4 Å². The van der Waals surface area contributed by atoms with Gasteiger partial charge in [0.15, 0.2) is 0 Å². The van der Waals surface area contributed by atoms with Crippen LogP contribution in [0.25, 0.3) is 0 Å². The van der Waals surface area contributed by atoms with Crippen LogP contribution in [0.15, 0.2) is 42.5 Å². The van der Waals surface area contributed by atoms with E-state index in [9.17, 15) is 14.4 Å². The van der Waals surface area contributed by atoms with E-state index in [1.165, 1.54) is 16.9 Å². The lowest BCUT2D eigenvalue weighted by atomic mass is 9.96. The van der Waals surface area contributed by atoms with E-state index < -0.39 is 11.6 Å². The number of carbonyl (C=O) groups excluding carboxylic acids is 3. The van der Waals surface area contributed by atoms with Gasteiger partial charge < -0.3 is 14.4 Å². The van der Waals surface area contributed by atoms with Crippen molar-refractivity contribution >= 4 is 46.7 Å². The first kappa shape index (κ1) is 21.6. The summed E-state index contributed by atoms with van der Waals surface area (Å²) in [5.74, 6) is -1.26. The van der Waals surface area contributed by atoms with Crippen molar-refractivity contribution in [3.8, 4) is 0 Å². The Morgan fingerprint density at radius 3 is 2.65 bits per heavy atom. The van der Waals surface area contributed by atoms with E-state index in [0.29, 0.717) is 26.9 Å². The number of hydrogen-bond acceptors (Lipinski definition) is 5. The molecule has 31 heavy (non-hydrogen) atoms. The van der Waals surface area contributed by atoms with Crippen molar-refractivity contribution in [3.05, 3.63) is 63.6 Å². The SMILES string of the molecule is COCCN1C(=O)c2ccccc2N2C(=O)CCC12C(=O)OCc1ccc(Cl)c(Cl)c1. The van der Waals surface area contributed by atoms with Gasteiger partial charge in [0.05, 0.1) is 27.9 Å². The normalized spacial score (nSPS) is 20.0. The van der Waals surface area contributed by atoms with Gasteiger partial charge in [-0.2, -0.15) is 0 Å². The Bertz CT molecular complexity index is 1060. The molecule has 2 aromatic rings. The summed E-state index contributed by atoms with van der Waals surface area (Å²) < 4.78 is 10.8. The third kappa shape index (κ3) is 3.56. The Balaban J connectivity index is 1.72. The monoisotopic (exact) mass is 462 g/mol. The van der Waals surface area contributed by atoms with Crippen molar-refractivity contribution in [1.29, 1.82) is 0 Å². The lowest BCUT2D eigenvalue weighted by Crippen LogP contribution is -2.68. The van der Waals surface area contributed by atoms with Crippen LogP contribution in [0.3, 0.4) is 0 Å². The molecule has 1 unspecified atom stereocenters. The molecule has 0 spiro atoms. The third-order valence-corrected chi connectivity index (χ3v) is 6.31. The molecule has 2 aromatic carbocycles. The van der Waals surface area contributed by atoms with Crippen LogP contribution in [0.4, 0.5) is 5.69 Å². The molecule has 2 aliphatic rings. The minimum atomic E-state index is -1.56. The molecular formula is C22H20Cl2N2O5. The summed E-state index contributed by atoms with van der Waals surface area (Å²) in [6.07, 6.45) is 0.253. The Hall–Kier alpha value is -2.61. The number of amides is 2. The van der Waals surface area contributed by atoms with Crippen LogP contribution in [0.1, 0.15) is 28.8 Å². The highest BCUT2D eigenvalue weighted by Gasteiger charge is 2.61. The molecule has 0 radical (unpaired) electrons. The molecule has 9 heteroatoms. The summed E-state index contributed by atoms with van der Waals surface area (Å²) in [5, 5.41) is 0.734. The van der Waals surface area contributed by atoms with E-state index in [1.54, 1.807) is 42.5 Å². The summed E-state index contributed by atoms with van der Waals surface area (Å²) >= 11 is 12.0. The van der Waals surface area contributed by atoms with Crippen molar-refractivity contribution < 1.29 is 23.9 Å². The van der Waals surface area contributed by atoms with E-state index in [1.807, 2.05) is 0 Å². The van der Waals surface area contributed by atoms with Crippen molar-refractivity contribution in [1.82, 2.24) is 4.90 Å². The maximum absolute atomic E-state index is 13.5. The predicted molar refractivity (Wildman–Crippen MR) is 115 cm³/mol. The number of rotatable bonds is 6. The number of esters is 1. The second-order valence-corrected chi connectivity index (χ2v) is 8.15. The lowest BCUT2D eigenvalue weighted by molar-refractivity contribution is -0.159. The van der Waals surface area contributed by atoms with Crippen molar-refractivity contribution in [2.45, 2.75) is 25.1 Å². The van der Waals surface area contributed by atoms with Gasteiger partial charge in [-0.25, -0.2) is 4.79 Å². The van der Waals surface area contributed by atoms with Crippen LogP contribution in [-0.4, -0.2) is 48.6 Å². The summed E-state index contributed by atoms with van der Waals surface area (Å²) in [7, 11) is 1.51. The van der Waals surface area contributed by atoms with Gasteiger partial charge in [0, 0.05) is 26.5 Å². The first-order valence-corrected chi connectivity index (χ1v) is 10.5. The van der Waals surface area contributed by atoms with Crippen LogP contribution in [0.2, 0.25) is 10.0 Å². The quantitative estimate of drug-likeness (QED) is 0.612. The molecule has 0 saturated carbocycles. The van der Waals surface area contributed by atoms with Gasteiger partial charge in [-0.3, -0.25) is 14.5 Å². The zero-order valence-electron chi connectivity index (χ0n) is 16.8. The molecule has 2 amide bonds. The highest BCUT2D eigenvalue weighted by molar-refractivity contribution is 6.42. The Kier molecular flexibility index (Phi) is 5.92. The molecule has 1 fully saturated rings. The van der Waals surface area contributed by atoms with Gasteiger partial charge in [-0.15, -0.1) is 0 Å². The molecule has 0 N–H and O–H groups in total. The fraction of sp³-hybridized carbons (Fsp3) is 0.318. The van der Waals surface area contributed by atoms with Crippen LogP contribution < -0.4 is 4.90 Å². The smallest absolute Gasteiger partial charge is 0.354 e. The molecule has 162 valence electrons. The number of nitrogens with zero attached hydrogens (tertiary/aromatic N) is 2. The van der Waals surface area contributed by atoms with Crippen molar-refractivity contribution in [3.63, 3.8) is 0 Å². The van der Waals surface area contributed by atoms with Gasteiger partial charge in [0.1, 0.15) is 6.61 Å². The number of fused-ring (bicyclic) bond motifs is 3. The molecule has 7 nitrogen and oxygen atoms in total. The lowest BCUT2D eigenvalue weighted by Gasteiger charge is -2.48. The molecule has 1 saturated heterocycles. The second-order valence-electron chi connectivity index (χ2n) is 7.34. The van der Waals surface area contributed by atoms with Crippen LogP contribution in [0, 0.1) is 0 Å². The van der Waals surface area contributed by atoms with Crippen LogP contribution in [-0.2, 0) is 25.7 Å². The number of halogens is 2. The summed E-state index contributed by atoms with van der Waals surface area (Å²) in [6, 6.07) is 11.7. The molecule has 2 aliphatic heterocycles. The highest BCUT2D eigenvalue weighted by Crippen LogP contribution is 2.45. The Morgan fingerprint density at radius 1 is 1.13 bits per heavy atom. The third-order valence-electron chi connectivity index (χ3n) is 5.57. The fourth-order valence-electron chi connectivity index (χ4n) is 4.13. The first-order chi connectivity index (χ1) is 14.9. The van der Waals surface area contributed by atoms with E-state index >= 15 is 0 Å². The molecule has 2 heterocycles. The zero-order chi connectivity index (χ0) is 22.2. The molecular weight excluding hydrogens is 443 g/mol. The number of methoxy groups -OCH3 is 1. The van der Waals surface area contributed by atoms with E-state index in [0.717, 1.165) is 0 Å². The van der Waals surface area contributed by atoms with Crippen molar-refractivity contribution in [2.75, 3.05) is 25.2 Å². The van der Waals surface area contributed by atoms with Gasteiger partial charge in [-0.05, 0) is 29.8 Å². The number of hydrogen-bond donors (Lipinski definition) is 0. The van der Waals surface area contributed by atoms with Crippen LogP contribution in [0.5, 0.6) is 0 Å². The first-order valence-electron chi connectivity index (χ1n) is 9.74. The largest absolute Gasteiger partial charge is 0.458 e. The van der Waals surface area contributed by atoms with E-state index in [4.69, 9.17) is 32.7 Å². The Morgan fingerprint density at radius 2 is 1.90 bits per heavy atom. The average molecular weight is 463 g/mol. The summed E-state index contributed by atoms with van der Waals surface area (Å²) in [6.45, 7) is 0.264. The van der Waals surface area contributed by atoms with Gasteiger partial charge in [0.25, 0.3) is 5.91 Å². The topological polar surface area (TPSA) is 76.2 Å². The molecule has 1 atom stereocenters. The molecule has 0 bridgehead atoms. The zero-order valence-corrected chi connectivity index (χ0v) is 18.3. The predicted octanol–water partition coefficient (Wildman–Crippen LogP) is 3.66. The molecule has 4 rings (SSSR count). The second kappa shape index (κ2) is 8.49. The van der Waals surface area contributed by atoms with Gasteiger partial charge >= 0.3 is 5.97 Å². The number of ether oxygens (including phenoxy) is 2. The summed E-state index contributed by atoms with van der Waals surface area (Å²) in [4.78, 5) is 42.5. The number of carbonyl (C=O) groups is 3. The molecule has 0 aromatic heterocycles. The highest BCUT2D eigenvalue weighted by atomic mass is 35.5. The Labute approximate surface area is 189 Å².